The number of ether oxygens (including phenoxy) is 3. The second kappa shape index (κ2) is 10.9. The molecule has 1 unspecified atom stereocenters. The van der Waals surface area contributed by atoms with Gasteiger partial charge in [0, 0.05) is 23.1 Å². The highest BCUT2D eigenvalue weighted by atomic mass is 32.1. The molecule has 1 aromatic carbocycles. The van der Waals surface area contributed by atoms with Crippen molar-refractivity contribution in [3.05, 3.63) is 34.8 Å². The fraction of sp³-hybridized carbons (Fsp3) is 0.458. The molecule has 10 heteroatoms. The molecular weight excluding hydrogens is 452 g/mol. The number of rotatable bonds is 9. The van der Waals surface area contributed by atoms with Crippen LogP contribution in [0.5, 0.6) is 17.5 Å². The van der Waals surface area contributed by atoms with Gasteiger partial charge in [-0.15, -0.1) is 11.3 Å². The fourth-order valence-electron chi connectivity index (χ4n) is 4.03. The molecule has 2 aromatic heterocycles. The monoisotopic (exact) mass is 484 g/mol. The number of likely N-dealkylation sites (tertiary alicyclic amines) is 1. The summed E-state index contributed by atoms with van der Waals surface area (Å²) in [5.74, 6) is 1.95. The zero-order valence-electron chi connectivity index (χ0n) is 19.9. The highest BCUT2D eigenvalue weighted by Crippen LogP contribution is 2.37. The normalized spacial score (nSPS) is 15.1. The molecule has 3 heterocycles. The highest BCUT2D eigenvalue weighted by Gasteiger charge is 2.19. The quantitative estimate of drug-likeness (QED) is 0.462. The van der Waals surface area contributed by atoms with E-state index in [0.29, 0.717) is 12.4 Å². The molecule has 0 bridgehead atoms. The molecule has 4 N–H and O–H groups in total. The van der Waals surface area contributed by atoms with Crippen LogP contribution in [-0.4, -0.2) is 53.2 Å². The molecule has 0 spiro atoms. The Balaban J connectivity index is 1.48. The number of aromatic nitrogens is 3. The number of aryl methyl sites for hydroxylation is 1. The minimum Gasteiger partial charge on any atom is -0.493 e. The highest BCUT2D eigenvalue weighted by molar-refractivity contribution is 7.15. The van der Waals surface area contributed by atoms with Crippen molar-refractivity contribution in [1.82, 2.24) is 19.9 Å². The minimum absolute atomic E-state index is 0.132. The predicted molar refractivity (Wildman–Crippen MR) is 135 cm³/mol. The van der Waals surface area contributed by atoms with E-state index >= 15 is 0 Å². The molecule has 0 saturated carbocycles. The Labute approximate surface area is 204 Å². The Hall–Kier alpha value is -3.11. The van der Waals surface area contributed by atoms with Gasteiger partial charge in [0.2, 0.25) is 0 Å². The maximum atomic E-state index is 6.12. The van der Waals surface area contributed by atoms with Crippen molar-refractivity contribution in [3.63, 3.8) is 0 Å². The summed E-state index contributed by atoms with van der Waals surface area (Å²) in [6, 6.07) is 7.52. The van der Waals surface area contributed by atoms with Crippen molar-refractivity contribution in [1.29, 1.82) is 0 Å². The van der Waals surface area contributed by atoms with Crippen LogP contribution in [0, 0.1) is 6.92 Å². The summed E-state index contributed by atoms with van der Waals surface area (Å²) in [4.78, 5) is 16.5. The van der Waals surface area contributed by atoms with Gasteiger partial charge in [-0.1, -0.05) is 6.42 Å². The third-order valence-electron chi connectivity index (χ3n) is 5.77. The number of benzene rings is 1. The Kier molecular flexibility index (Phi) is 7.69. The molecule has 3 aromatic rings. The summed E-state index contributed by atoms with van der Waals surface area (Å²) in [6.45, 7) is 7.75. The van der Waals surface area contributed by atoms with Gasteiger partial charge in [0.15, 0.2) is 11.5 Å². The third kappa shape index (κ3) is 5.87. The summed E-state index contributed by atoms with van der Waals surface area (Å²) < 4.78 is 17.5. The summed E-state index contributed by atoms with van der Waals surface area (Å²) in [5.41, 5.74) is 13.3. The van der Waals surface area contributed by atoms with Crippen molar-refractivity contribution in [3.8, 4) is 28.1 Å². The van der Waals surface area contributed by atoms with Gasteiger partial charge < -0.3 is 25.7 Å². The molecule has 9 nitrogen and oxygen atoms in total. The summed E-state index contributed by atoms with van der Waals surface area (Å²) in [5, 5.41) is 0.875. The zero-order valence-corrected chi connectivity index (χ0v) is 20.7. The van der Waals surface area contributed by atoms with Crippen molar-refractivity contribution < 1.29 is 14.2 Å². The first-order chi connectivity index (χ1) is 16.4. The molecule has 4 rings (SSSR count). The van der Waals surface area contributed by atoms with Crippen molar-refractivity contribution in [2.24, 2.45) is 0 Å². The van der Waals surface area contributed by atoms with Gasteiger partial charge in [0.25, 0.3) is 0 Å². The van der Waals surface area contributed by atoms with Crippen LogP contribution < -0.4 is 25.7 Å². The van der Waals surface area contributed by atoms with Crippen LogP contribution in [0.1, 0.15) is 42.9 Å². The molecular formula is C24H32N6O3S. The Morgan fingerprint density at radius 2 is 1.76 bits per heavy atom. The van der Waals surface area contributed by atoms with E-state index in [-0.39, 0.29) is 23.8 Å². The smallest absolute Gasteiger partial charge is 0.320 e. The standard InChI is InChI=1S/C24H32N6O3S/c1-15(33-24-27-20(25)14-21(26)28-24)22-16(2)34-23(29-22)17-7-8-18(31-3)19(13-17)32-12-11-30-9-5-4-6-10-30/h7-8,13-15H,4-6,9-12H2,1-3H3,(H4,25,26,27,28). The molecule has 34 heavy (non-hydrogen) atoms. The number of thiazole rings is 1. The maximum Gasteiger partial charge on any atom is 0.320 e. The molecule has 1 aliphatic heterocycles. The lowest BCUT2D eigenvalue weighted by molar-refractivity contribution is 0.180. The molecule has 0 amide bonds. The molecule has 1 aliphatic rings. The van der Waals surface area contributed by atoms with E-state index in [9.17, 15) is 0 Å². The van der Waals surface area contributed by atoms with Gasteiger partial charge in [-0.3, -0.25) is 4.90 Å². The van der Waals surface area contributed by atoms with E-state index in [1.165, 1.54) is 25.3 Å². The maximum absolute atomic E-state index is 6.12. The Bertz CT molecular complexity index is 1100. The third-order valence-corrected chi connectivity index (χ3v) is 6.80. The second-order valence-corrected chi connectivity index (χ2v) is 9.54. The lowest BCUT2D eigenvalue weighted by Gasteiger charge is -2.26. The van der Waals surface area contributed by atoms with Crippen LogP contribution >= 0.6 is 11.3 Å². The molecule has 0 radical (unpaired) electrons. The molecule has 0 aliphatic carbocycles. The van der Waals surface area contributed by atoms with E-state index in [2.05, 4.69) is 14.9 Å². The van der Waals surface area contributed by atoms with E-state index in [0.717, 1.165) is 46.5 Å². The summed E-state index contributed by atoms with van der Waals surface area (Å²) >= 11 is 1.60. The largest absolute Gasteiger partial charge is 0.493 e. The number of hydrogen-bond acceptors (Lipinski definition) is 10. The molecule has 1 atom stereocenters. The van der Waals surface area contributed by atoms with E-state index in [4.69, 9.17) is 30.7 Å². The van der Waals surface area contributed by atoms with Gasteiger partial charge in [-0.05, 0) is 58.0 Å². The van der Waals surface area contributed by atoms with Crippen molar-refractivity contribution in [2.45, 2.75) is 39.2 Å². The summed E-state index contributed by atoms with van der Waals surface area (Å²) in [7, 11) is 1.66. The van der Waals surface area contributed by atoms with Crippen LogP contribution in [0.25, 0.3) is 10.6 Å². The Morgan fingerprint density at radius 1 is 1.03 bits per heavy atom. The zero-order chi connectivity index (χ0) is 24.1. The van der Waals surface area contributed by atoms with Crippen molar-refractivity contribution >= 4 is 23.0 Å². The SMILES string of the molecule is COc1ccc(-c2nc(C(C)Oc3nc(N)cc(N)n3)c(C)s2)cc1OCCN1CCCCC1. The second-order valence-electron chi connectivity index (χ2n) is 8.34. The lowest BCUT2D eigenvalue weighted by atomic mass is 10.1. The lowest BCUT2D eigenvalue weighted by Crippen LogP contribution is -2.33. The molecule has 1 fully saturated rings. The molecule has 182 valence electrons. The van der Waals surface area contributed by atoms with E-state index in [1.807, 2.05) is 32.0 Å². The molecule has 1 saturated heterocycles. The average Bonchev–Trinajstić information content (AvgIpc) is 3.21. The number of hydrogen-bond donors (Lipinski definition) is 2. The van der Waals surface area contributed by atoms with Gasteiger partial charge in [0.1, 0.15) is 29.4 Å². The first-order valence-corrected chi connectivity index (χ1v) is 12.3. The van der Waals surface area contributed by atoms with Gasteiger partial charge in [-0.2, -0.15) is 9.97 Å². The summed E-state index contributed by atoms with van der Waals surface area (Å²) in [6.07, 6.45) is 3.49. The Morgan fingerprint density at radius 3 is 2.47 bits per heavy atom. The van der Waals surface area contributed by atoms with Crippen molar-refractivity contribution in [2.75, 3.05) is 44.8 Å². The predicted octanol–water partition coefficient (Wildman–Crippen LogP) is 4.09. The van der Waals surface area contributed by atoms with E-state index < -0.39 is 0 Å². The fourth-order valence-corrected chi connectivity index (χ4v) is 5.02. The number of nitrogens with zero attached hydrogens (tertiary/aromatic N) is 4. The van der Waals surface area contributed by atoms with Crippen LogP contribution in [0.15, 0.2) is 24.3 Å². The van der Waals surface area contributed by atoms with Gasteiger partial charge >= 0.3 is 6.01 Å². The number of piperidine rings is 1. The number of methoxy groups -OCH3 is 1. The van der Waals surface area contributed by atoms with Crippen LogP contribution in [-0.2, 0) is 0 Å². The first-order valence-electron chi connectivity index (χ1n) is 11.5. The van der Waals surface area contributed by atoms with Crippen LogP contribution in [0.2, 0.25) is 0 Å². The van der Waals surface area contributed by atoms with E-state index in [1.54, 1.807) is 18.4 Å². The minimum atomic E-state index is -0.371. The van der Waals surface area contributed by atoms with Gasteiger partial charge in [-0.25, -0.2) is 4.98 Å². The number of anilines is 2. The number of nitrogen functional groups attached to an aromatic ring is 2. The van der Waals surface area contributed by atoms with Gasteiger partial charge in [0.05, 0.1) is 12.8 Å². The van der Waals surface area contributed by atoms with Crippen LogP contribution in [0.4, 0.5) is 11.6 Å². The topological polar surface area (TPSA) is 122 Å². The first kappa shape index (κ1) is 24.0. The number of nitrogens with two attached hydrogens (primary N) is 2. The van der Waals surface area contributed by atoms with Crippen LogP contribution in [0.3, 0.4) is 0 Å². The average molecular weight is 485 g/mol.